The second-order valence-electron chi connectivity index (χ2n) is 5.27. The molecule has 0 aromatic heterocycles. The Morgan fingerprint density at radius 1 is 1.43 bits per heavy atom. The van der Waals surface area contributed by atoms with Crippen LogP contribution in [-0.4, -0.2) is 40.0 Å². The molecule has 2 atom stereocenters. The highest BCUT2D eigenvalue weighted by molar-refractivity contribution is 7.89. The summed E-state index contributed by atoms with van der Waals surface area (Å²) < 4.78 is 37.3. The quantitative estimate of drug-likeness (QED) is 0.733. The Hall–Kier alpha value is -1.31. The predicted molar refractivity (Wildman–Crippen MR) is 81.7 cm³/mol. The van der Waals surface area contributed by atoms with E-state index in [-0.39, 0.29) is 24.3 Å². The molecule has 0 amide bonds. The minimum atomic E-state index is -3.35. The zero-order valence-corrected chi connectivity index (χ0v) is 12.9. The van der Waals surface area contributed by atoms with E-state index in [1.165, 1.54) is 0 Å². The van der Waals surface area contributed by atoms with Gasteiger partial charge in [0.05, 0.1) is 12.4 Å². The second-order valence-corrected chi connectivity index (χ2v) is 7.14. The van der Waals surface area contributed by atoms with Crippen LogP contribution in [0.5, 0.6) is 5.75 Å². The molecule has 0 spiro atoms. The van der Waals surface area contributed by atoms with Gasteiger partial charge in [-0.15, -0.1) is 0 Å². The van der Waals surface area contributed by atoms with Crippen molar-refractivity contribution in [2.24, 2.45) is 5.92 Å². The lowest BCUT2D eigenvalue weighted by atomic mass is 10.0. The van der Waals surface area contributed by atoms with Crippen LogP contribution in [0.15, 0.2) is 24.3 Å². The average molecular weight is 314 g/mol. The van der Waals surface area contributed by atoms with E-state index in [9.17, 15) is 8.42 Å². The van der Waals surface area contributed by atoms with Crippen LogP contribution in [0.4, 0.5) is 5.69 Å². The van der Waals surface area contributed by atoms with E-state index >= 15 is 0 Å². The van der Waals surface area contributed by atoms with E-state index < -0.39 is 10.0 Å². The number of ether oxygens (including phenoxy) is 2. The number of nitrogens with one attached hydrogen (secondary N) is 1. The van der Waals surface area contributed by atoms with E-state index in [2.05, 4.69) is 4.72 Å². The predicted octanol–water partition coefficient (Wildman–Crippen LogP) is 0.992. The summed E-state index contributed by atoms with van der Waals surface area (Å²) in [5.41, 5.74) is 6.21. The van der Waals surface area contributed by atoms with Gasteiger partial charge >= 0.3 is 0 Å². The van der Waals surface area contributed by atoms with Gasteiger partial charge < -0.3 is 15.2 Å². The molecule has 1 fully saturated rings. The largest absolute Gasteiger partial charge is 0.492 e. The van der Waals surface area contributed by atoms with Gasteiger partial charge in [-0.3, -0.25) is 0 Å². The Kier molecular flexibility index (Phi) is 5.44. The van der Waals surface area contributed by atoms with Gasteiger partial charge in [-0.05, 0) is 37.6 Å². The standard InChI is InChI=1S/C14H22N2O4S/c1-11(12-6-7-19-10-12)16-21(17,18)9-8-20-14-4-2-13(15)3-5-14/h2-5,11-12,16H,6-10,15H2,1H3. The van der Waals surface area contributed by atoms with Crippen LogP contribution in [0.25, 0.3) is 0 Å². The molecule has 1 aliphatic heterocycles. The van der Waals surface area contributed by atoms with Crippen molar-refractivity contribution in [1.82, 2.24) is 4.72 Å². The first-order valence-corrected chi connectivity index (χ1v) is 8.67. The van der Waals surface area contributed by atoms with Crippen molar-refractivity contribution in [2.45, 2.75) is 19.4 Å². The second kappa shape index (κ2) is 7.11. The third kappa shape index (κ3) is 5.18. The van der Waals surface area contributed by atoms with Gasteiger partial charge in [0, 0.05) is 24.3 Å². The fourth-order valence-electron chi connectivity index (χ4n) is 2.22. The molecule has 1 aromatic carbocycles. The first-order valence-electron chi connectivity index (χ1n) is 7.02. The number of rotatable bonds is 7. The van der Waals surface area contributed by atoms with E-state index in [0.29, 0.717) is 24.7 Å². The lowest BCUT2D eigenvalue weighted by Gasteiger charge is -2.19. The molecule has 118 valence electrons. The Labute approximate surface area is 125 Å². The van der Waals surface area contributed by atoms with E-state index in [1.807, 2.05) is 6.92 Å². The third-order valence-electron chi connectivity index (χ3n) is 3.54. The molecular weight excluding hydrogens is 292 g/mol. The smallest absolute Gasteiger partial charge is 0.215 e. The first-order chi connectivity index (χ1) is 9.96. The highest BCUT2D eigenvalue weighted by Crippen LogP contribution is 2.17. The van der Waals surface area contributed by atoms with Gasteiger partial charge in [-0.1, -0.05) is 0 Å². The number of anilines is 1. The van der Waals surface area contributed by atoms with Crippen LogP contribution < -0.4 is 15.2 Å². The number of sulfonamides is 1. The van der Waals surface area contributed by atoms with Crippen LogP contribution in [0.1, 0.15) is 13.3 Å². The van der Waals surface area contributed by atoms with Crippen molar-refractivity contribution < 1.29 is 17.9 Å². The van der Waals surface area contributed by atoms with Crippen molar-refractivity contribution in [2.75, 3.05) is 31.3 Å². The summed E-state index contributed by atoms with van der Waals surface area (Å²) in [6.45, 7) is 3.30. The topological polar surface area (TPSA) is 90.7 Å². The molecule has 0 radical (unpaired) electrons. The van der Waals surface area contributed by atoms with Crippen molar-refractivity contribution in [3.05, 3.63) is 24.3 Å². The third-order valence-corrected chi connectivity index (χ3v) is 4.97. The molecular formula is C14H22N2O4S. The van der Waals surface area contributed by atoms with E-state index in [1.54, 1.807) is 24.3 Å². The Morgan fingerprint density at radius 3 is 2.76 bits per heavy atom. The Bertz CT molecular complexity index is 539. The molecule has 0 saturated carbocycles. The number of benzene rings is 1. The first kappa shape index (κ1) is 16.1. The maximum absolute atomic E-state index is 12.0. The normalized spacial score (nSPS) is 20.3. The molecule has 2 unspecified atom stereocenters. The zero-order chi connectivity index (χ0) is 15.3. The summed E-state index contributed by atoms with van der Waals surface area (Å²) in [6, 6.07) is 6.74. The number of hydrogen-bond acceptors (Lipinski definition) is 5. The number of nitrogens with two attached hydrogens (primary N) is 1. The molecule has 0 aliphatic carbocycles. The summed E-state index contributed by atoms with van der Waals surface area (Å²) in [4.78, 5) is 0. The lowest BCUT2D eigenvalue weighted by molar-refractivity contribution is 0.180. The maximum Gasteiger partial charge on any atom is 0.215 e. The summed E-state index contributed by atoms with van der Waals surface area (Å²) in [7, 11) is -3.35. The summed E-state index contributed by atoms with van der Waals surface area (Å²) in [5, 5.41) is 0. The molecule has 21 heavy (non-hydrogen) atoms. The zero-order valence-electron chi connectivity index (χ0n) is 12.1. The van der Waals surface area contributed by atoms with E-state index in [0.717, 1.165) is 6.42 Å². The fraction of sp³-hybridized carbons (Fsp3) is 0.571. The molecule has 2 rings (SSSR count). The maximum atomic E-state index is 12.0. The Balaban J connectivity index is 1.76. The lowest BCUT2D eigenvalue weighted by Crippen LogP contribution is -2.40. The van der Waals surface area contributed by atoms with Crippen LogP contribution in [-0.2, 0) is 14.8 Å². The van der Waals surface area contributed by atoms with E-state index in [4.69, 9.17) is 15.2 Å². The fourth-order valence-corrected chi connectivity index (χ4v) is 3.40. The van der Waals surface area contributed by atoms with Gasteiger partial charge in [0.2, 0.25) is 10.0 Å². The van der Waals surface area contributed by atoms with Gasteiger partial charge in [0.1, 0.15) is 12.4 Å². The van der Waals surface area contributed by atoms with Crippen LogP contribution in [0.2, 0.25) is 0 Å². The highest BCUT2D eigenvalue weighted by Gasteiger charge is 2.25. The van der Waals surface area contributed by atoms with Gasteiger partial charge in [0.15, 0.2) is 0 Å². The SMILES string of the molecule is CC(NS(=O)(=O)CCOc1ccc(N)cc1)C1CCOC1. The molecule has 3 N–H and O–H groups in total. The van der Waals surface area contributed by atoms with Crippen molar-refractivity contribution >= 4 is 15.7 Å². The van der Waals surface area contributed by atoms with Gasteiger partial charge in [-0.2, -0.15) is 0 Å². The van der Waals surface area contributed by atoms with Crippen molar-refractivity contribution in [1.29, 1.82) is 0 Å². The van der Waals surface area contributed by atoms with Gasteiger partial charge in [-0.25, -0.2) is 13.1 Å². The van der Waals surface area contributed by atoms with Crippen molar-refractivity contribution in [3.63, 3.8) is 0 Å². The Morgan fingerprint density at radius 2 is 2.14 bits per heavy atom. The van der Waals surface area contributed by atoms with Gasteiger partial charge in [0.25, 0.3) is 0 Å². The van der Waals surface area contributed by atoms with Crippen LogP contribution >= 0.6 is 0 Å². The molecule has 1 aliphatic rings. The number of hydrogen-bond donors (Lipinski definition) is 2. The molecule has 0 bridgehead atoms. The minimum absolute atomic E-state index is 0.0741. The summed E-state index contributed by atoms with van der Waals surface area (Å²) in [6.07, 6.45) is 0.894. The summed E-state index contributed by atoms with van der Waals surface area (Å²) in [5.74, 6) is 0.782. The molecule has 1 heterocycles. The molecule has 1 saturated heterocycles. The van der Waals surface area contributed by atoms with Crippen molar-refractivity contribution in [3.8, 4) is 5.75 Å². The van der Waals surface area contributed by atoms with Crippen LogP contribution in [0, 0.1) is 5.92 Å². The minimum Gasteiger partial charge on any atom is -0.492 e. The summed E-state index contributed by atoms with van der Waals surface area (Å²) >= 11 is 0. The number of nitrogen functional groups attached to an aromatic ring is 1. The highest BCUT2D eigenvalue weighted by atomic mass is 32.2. The molecule has 7 heteroatoms. The monoisotopic (exact) mass is 314 g/mol. The molecule has 6 nitrogen and oxygen atoms in total. The average Bonchev–Trinajstić information content (AvgIpc) is 2.94. The van der Waals surface area contributed by atoms with Crippen LogP contribution in [0.3, 0.4) is 0 Å². The molecule has 1 aromatic rings.